The van der Waals surface area contributed by atoms with E-state index in [4.69, 9.17) is 4.42 Å². The van der Waals surface area contributed by atoms with Gasteiger partial charge in [0.15, 0.2) is 0 Å². The van der Waals surface area contributed by atoms with E-state index < -0.39 is 0 Å². The first-order valence-electron chi connectivity index (χ1n) is 9.77. The van der Waals surface area contributed by atoms with Gasteiger partial charge >= 0.3 is 0 Å². The average Bonchev–Trinajstić information content (AvgIpc) is 3.33. The van der Waals surface area contributed by atoms with E-state index in [0.717, 1.165) is 49.9 Å². The molecule has 3 heterocycles. The van der Waals surface area contributed by atoms with Crippen LogP contribution < -0.4 is 5.32 Å². The summed E-state index contributed by atoms with van der Waals surface area (Å²) in [4.78, 5) is 21.5. The van der Waals surface area contributed by atoms with Crippen LogP contribution in [0.1, 0.15) is 28.1 Å². The summed E-state index contributed by atoms with van der Waals surface area (Å²) in [5, 5.41) is 4.82. The monoisotopic (exact) mass is 420 g/mol. The summed E-state index contributed by atoms with van der Waals surface area (Å²) in [6.45, 7) is 8.80. The van der Waals surface area contributed by atoms with E-state index in [-0.39, 0.29) is 11.7 Å². The van der Waals surface area contributed by atoms with Gasteiger partial charge in [0.25, 0.3) is 0 Å². The van der Waals surface area contributed by atoms with E-state index in [9.17, 15) is 4.79 Å². The molecule has 30 heavy (non-hydrogen) atoms. The molecule has 3 aromatic heterocycles. The first-order chi connectivity index (χ1) is 14.5. The third-order valence-corrected chi connectivity index (χ3v) is 6.47. The van der Waals surface area contributed by atoms with Crippen LogP contribution in [-0.4, -0.2) is 26.2 Å². The number of aromatic nitrogens is 3. The lowest BCUT2D eigenvalue weighted by Gasteiger charge is -2.10. The summed E-state index contributed by atoms with van der Waals surface area (Å²) in [5.74, 6) is 1.10. The molecule has 7 heteroatoms. The number of carbonyl (C=O) groups is 1. The molecule has 0 bridgehead atoms. The zero-order valence-electron chi connectivity index (χ0n) is 17.5. The predicted octanol–water partition coefficient (Wildman–Crippen LogP) is 5.04. The van der Waals surface area contributed by atoms with Crippen molar-refractivity contribution in [2.24, 2.45) is 0 Å². The van der Waals surface area contributed by atoms with Crippen molar-refractivity contribution in [1.82, 2.24) is 14.5 Å². The van der Waals surface area contributed by atoms with Crippen molar-refractivity contribution < 1.29 is 9.21 Å². The van der Waals surface area contributed by atoms with Crippen molar-refractivity contribution in [1.29, 1.82) is 0 Å². The molecule has 1 N–H and O–H groups in total. The largest absolute Gasteiger partial charge is 0.467 e. The van der Waals surface area contributed by atoms with Gasteiger partial charge in [-0.3, -0.25) is 4.79 Å². The maximum Gasteiger partial charge on any atom is 0.234 e. The molecule has 0 aliphatic heterocycles. The number of nitrogens with zero attached hydrogens (tertiary/aromatic N) is 3. The number of fused-ring (bicyclic) bond motifs is 1. The topological polar surface area (TPSA) is 73.0 Å². The fourth-order valence-corrected chi connectivity index (χ4v) is 4.35. The van der Waals surface area contributed by atoms with Crippen LogP contribution in [0.5, 0.6) is 0 Å². The van der Waals surface area contributed by atoms with Gasteiger partial charge in [-0.1, -0.05) is 23.9 Å². The number of amides is 1. The normalized spacial score (nSPS) is 11.2. The Kier molecular flexibility index (Phi) is 5.63. The highest BCUT2D eigenvalue weighted by molar-refractivity contribution is 8.00. The second kappa shape index (κ2) is 8.36. The number of thioether (sulfide) groups is 1. The standard InChI is InChI=1S/C23H24N4O2S/c1-14-7-5-9-19(15(14)2)26-20(28)12-30-23-21-16(3)17(4)27(22(21)24-13-25-23)11-18-8-6-10-29-18/h5-10,13H,11-12H2,1-4H3,(H,26,28). The number of nitrogens with one attached hydrogen (secondary N) is 1. The van der Waals surface area contributed by atoms with Gasteiger partial charge < -0.3 is 14.3 Å². The highest BCUT2D eigenvalue weighted by Gasteiger charge is 2.18. The molecule has 6 nitrogen and oxygen atoms in total. The fourth-order valence-electron chi connectivity index (χ4n) is 3.50. The molecule has 154 valence electrons. The van der Waals surface area contributed by atoms with Crippen LogP contribution in [0.4, 0.5) is 5.69 Å². The lowest BCUT2D eigenvalue weighted by atomic mass is 10.1. The van der Waals surface area contributed by atoms with E-state index in [2.05, 4.69) is 33.7 Å². The molecule has 0 fully saturated rings. The summed E-state index contributed by atoms with van der Waals surface area (Å²) in [5.41, 5.74) is 6.18. The summed E-state index contributed by atoms with van der Waals surface area (Å²) in [7, 11) is 0. The zero-order valence-corrected chi connectivity index (χ0v) is 18.3. The lowest BCUT2D eigenvalue weighted by Crippen LogP contribution is -2.15. The van der Waals surface area contributed by atoms with Crippen LogP contribution >= 0.6 is 11.8 Å². The van der Waals surface area contributed by atoms with Gasteiger partial charge in [-0.05, 0) is 62.6 Å². The maximum absolute atomic E-state index is 12.6. The summed E-state index contributed by atoms with van der Waals surface area (Å²) < 4.78 is 7.64. The van der Waals surface area contributed by atoms with Crippen LogP contribution in [-0.2, 0) is 11.3 Å². The Morgan fingerprint density at radius 3 is 2.70 bits per heavy atom. The van der Waals surface area contributed by atoms with Crippen molar-refractivity contribution in [2.75, 3.05) is 11.1 Å². The molecule has 0 atom stereocenters. The first kappa shape index (κ1) is 20.2. The number of benzene rings is 1. The molecule has 0 spiro atoms. The average molecular weight is 421 g/mol. The Morgan fingerprint density at radius 2 is 1.93 bits per heavy atom. The molecular formula is C23H24N4O2S. The van der Waals surface area contributed by atoms with Gasteiger partial charge in [0.2, 0.25) is 5.91 Å². The molecular weight excluding hydrogens is 396 g/mol. The Balaban J connectivity index is 1.56. The molecule has 0 unspecified atom stereocenters. The van der Waals surface area contributed by atoms with Crippen LogP contribution in [0.25, 0.3) is 11.0 Å². The molecule has 1 aromatic carbocycles. The number of hydrogen-bond acceptors (Lipinski definition) is 5. The zero-order chi connectivity index (χ0) is 21.3. The predicted molar refractivity (Wildman–Crippen MR) is 120 cm³/mol. The summed E-state index contributed by atoms with van der Waals surface area (Å²) >= 11 is 1.43. The van der Waals surface area contributed by atoms with Gasteiger partial charge in [-0.2, -0.15) is 0 Å². The first-order valence-corrected chi connectivity index (χ1v) is 10.8. The highest BCUT2D eigenvalue weighted by atomic mass is 32.2. The van der Waals surface area contributed by atoms with Gasteiger partial charge in [0.05, 0.1) is 23.9 Å². The Labute approximate surface area is 179 Å². The van der Waals surface area contributed by atoms with Crippen LogP contribution in [0.2, 0.25) is 0 Å². The summed E-state index contributed by atoms with van der Waals surface area (Å²) in [6.07, 6.45) is 3.23. The van der Waals surface area contributed by atoms with Crippen LogP contribution in [0.3, 0.4) is 0 Å². The molecule has 1 amide bonds. The van der Waals surface area contributed by atoms with Crippen molar-refractivity contribution in [3.63, 3.8) is 0 Å². The quantitative estimate of drug-likeness (QED) is 0.350. The molecule has 0 aliphatic carbocycles. The van der Waals surface area contributed by atoms with Gasteiger partial charge in [0, 0.05) is 11.4 Å². The SMILES string of the molecule is Cc1cccc(NC(=O)CSc2ncnc3c2c(C)c(C)n3Cc2ccco2)c1C. The third kappa shape index (κ3) is 3.85. The van der Waals surface area contributed by atoms with E-state index >= 15 is 0 Å². The van der Waals surface area contributed by atoms with Gasteiger partial charge in [-0.15, -0.1) is 0 Å². The lowest BCUT2D eigenvalue weighted by molar-refractivity contribution is -0.113. The van der Waals surface area contributed by atoms with Crippen molar-refractivity contribution >= 4 is 34.4 Å². The molecule has 0 saturated carbocycles. The van der Waals surface area contributed by atoms with E-state index in [1.165, 1.54) is 11.8 Å². The van der Waals surface area contributed by atoms with Crippen molar-refractivity contribution in [2.45, 2.75) is 39.3 Å². The minimum absolute atomic E-state index is 0.0511. The van der Waals surface area contributed by atoms with Crippen LogP contribution in [0.15, 0.2) is 52.4 Å². The Morgan fingerprint density at radius 1 is 1.10 bits per heavy atom. The number of aryl methyl sites for hydroxylation is 2. The number of furan rings is 1. The second-order valence-electron chi connectivity index (χ2n) is 7.34. The summed E-state index contributed by atoms with van der Waals surface area (Å²) in [6, 6.07) is 9.75. The van der Waals surface area contributed by atoms with E-state index in [0.29, 0.717) is 6.54 Å². The minimum Gasteiger partial charge on any atom is -0.467 e. The van der Waals surface area contributed by atoms with Gasteiger partial charge in [-0.25, -0.2) is 9.97 Å². The van der Waals surface area contributed by atoms with Crippen molar-refractivity contribution in [3.8, 4) is 0 Å². The van der Waals surface area contributed by atoms with Crippen LogP contribution in [0, 0.1) is 27.7 Å². The number of hydrogen-bond donors (Lipinski definition) is 1. The highest BCUT2D eigenvalue weighted by Crippen LogP contribution is 2.32. The van der Waals surface area contributed by atoms with Gasteiger partial charge in [0.1, 0.15) is 22.8 Å². The maximum atomic E-state index is 12.6. The minimum atomic E-state index is -0.0511. The number of anilines is 1. The van der Waals surface area contributed by atoms with Crippen molar-refractivity contribution in [3.05, 3.63) is 71.1 Å². The molecule has 4 rings (SSSR count). The third-order valence-electron chi connectivity index (χ3n) is 5.48. The second-order valence-corrected chi connectivity index (χ2v) is 8.30. The number of rotatable bonds is 6. The Bertz CT molecular complexity index is 1210. The fraction of sp³-hybridized carbons (Fsp3) is 0.261. The number of carbonyl (C=O) groups excluding carboxylic acids is 1. The van der Waals surface area contributed by atoms with E-state index in [1.54, 1.807) is 12.6 Å². The molecule has 0 radical (unpaired) electrons. The van der Waals surface area contributed by atoms with E-state index in [1.807, 2.05) is 44.2 Å². The smallest absolute Gasteiger partial charge is 0.234 e. The molecule has 0 saturated heterocycles. The molecule has 4 aromatic rings. The molecule has 0 aliphatic rings. The Hall–Kier alpha value is -3.06.